The number of rotatable bonds is 4. The lowest BCUT2D eigenvalue weighted by atomic mass is 10.0. The third-order valence-corrected chi connectivity index (χ3v) is 6.08. The van der Waals surface area contributed by atoms with Gasteiger partial charge in [0.15, 0.2) is 0 Å². The second-order valence-corrected chi connectivity index (χ2v) is 8.27. The Morgan fingerprint density at radius 1 is 1.19 bits per heavy atom. The number of hydrogen-bond acceptors (Lipinski definition) is 5. The molecule has 2 fully saturated rings. The standard InChI is InChI=1S/C23H20F3N3O3/c1-13-8-18(28-32-13)16-4-2-3-5-17(16)22(30)29-12-14-9-19(29)20(10-14)31-21-7-6-15(11-27-21)23(24,25)26/h2-8,11,14,19-20H,9-10,12H2,1H3. The zero-order chi connectivity index (χ0) is 22.5. The number of aryl methyl sites for hydroxylation is 1. The molecule has 2 aliphatic rings. The van der Waals surface area contributed by atoms with Gasteiger partial charge >= 0.3 is 6.18 Å². The molecule has 32 heavy (non-hydrogen) atoms. The number of ether oxygens (including phenoxy) is 1. The van der Waals surface area contributed by atoms with Crippen LogP contribution in [0.3, 0.4) is 0 Å². The van der Waals surface area contributed by atoms with Crippen molar-refractivity contribution < 1.29 is 27.2 Å². The summed E-state index contributed by atoms with van der Waals surface area (Å²) >= 11 is 0. The molecule has 1 aliphatic heterocycles. The minimum Gasteiger partial charge on any atom is -0.472 e. The molecule has 1 aliphatic carbocycles. The van der Waals surface area contributed by atoms with E-state index in [0.29, 0.717) is 29.1 Å². The first-order valence-electron chi connectivity index (χ1n) is 10.3. The fourth-order valence-electron chi connectivity index (χ4n) is 4.64. The molecule has 3 aromatic rings. The van der Waals surface area contributed by atoms with E-state index in [9.17, 15) is 18.0 Å². The molecule has 9 heteroatoms. The Labute approximate surface area is 182 Å². The highest BCUT2D eigenvalue weighted by molar-refractivity contribution is 6.00. The van der Waals surface area contributed by atoms with Gasteiger partial charge in [0.2, 0.25) is 5.88 Å². The molecule has 1 saturated heterocycles. The summed E-state index contributed by atoms with van der Waals surface area (Å²) in [6.07, 6.45) is -2.47. The summed E-state index contributed by atoms with van der Waals surface area (Å²) in [5, 5.41) is 4.04. The highest BCUT2D eigenvalue weighted by Crippen LogP contribution is 2.41. The molecule has 3 atom stereocenters. The van der Waals surface area contributed by atoms with Crippen LogP contribution in [0.2, 0.25) is 0 Å². The van der Waals surface area contributed by atoms with E-state index < -0.39 is 11.7 Å². The zero-order valence-corrected chi connectivity index (χ0v) is 17.2. The summed E-state index contributed by atoms with van der Waals surface area (Å²) in [6, 6.07) is 11.0. The molecule has 1 amide bonds. The van der Waals surface area contributed by atoms with Crippen molar-refractivity contribution in [2.45, 2.75) is 38.1 Å². The number of fused-ring (bicyclic) bond motifs is 2. The van der Waals surface area contributed by atoms with Crippen molar-refractivity contribution in [3.8, 4) is 17.1 Å². The summed E-state index contributed by atoms with van der Waals surface area (Å²) < 4.78 is 49.4. The minimum atomic E-state index is -4.45. The van der Waals surface area contributed by atoms with Crippen LogP contribution >= 0.6 is 0 Å². The molecule has 6 nitrogen and oxygen atoms in total. The van der Waals surface area contributed by atoms with E-state index in [1.807, 2.05) is 12.1 Å². The number of alkyl halides is 3. The molecular weight excluding hydrogens is 423 g/mol. The van der Waals surface area contributed by atoms with Crippen LogP contribution in [0.15, 0.2) is 53.2 Å². The number of halogens is 3. The van der Waals surface area contributed by atoms with Gasteiger partial charge in [0.25, 0.3) is 5.91 Å². The van der Waals surface area contributed by atoms with Crippen LogP contribution in [0.5, 0.6) is 5.88 Å². The molecule has 0 radical (unpaired) electrons. The Morgan fingerprint density at radius 2 is 2.00 bits per heavy atom. The Kier molecular flexibility index (Phi) is 4.91. The van der Waals surface area contributed by atoms with Crippen LogP contribution in [-0.2, 0) is 6.18 Å². The summed E-state index contributed by atoms with van der Waals surface area (Å²) in [5.41, 5.74) is 0.991. The largest absolute Gasteiger partial charge is 0.472 e. The van der Waals surface area contributed by atoms with Crippen molar-refractivity contribution >= 4 is 5.91 Å². The van der Waals surface area contributed by atoms with Crippen molar-refractivity contribution in [2.75, 3.05) is 6.54 Å². The topological polar surface area (TPSA) is 68.5 Å². The Balaban J connectivity index is 1.35. The molecule has 0 N–H and O–H groups in total. The molecule has 3 unspecified atom stereocenters. The van der Waals surface area contributed by atoms with Gasteiger partial charge in [-0.3, -0.25) is 4.79 Å². The average Bonchev–Trinajstić information content (AvgIpc) is 3.49. The van der Waals surface area contributed by atoms with Crippen LogP contribution in [0.25, 0.3) is 11.3 Å². The van der Waals surface area contributed by atoms with Gasteiger partial charge in [0, 0.05) is 36.0 Å². The van der Waals surface area contributed by atoms with E-state index in [1.54, 1.807) is 30.0 Å². The van der Waals surface area contributed by atoms with Gasteiger partial charge in [-0.05, 0) is 37.8 Å². The SMILES string of the molecule is Cc1cc(-c2ccccc2C(=O)N2CC3CC(Oc4ccc(C(F)(F)F)cn4)C2C3)no1. The van der Waals surface area contributed by atoms with E-state index in [2.05, 4.69) is 10.1 Å². The van der Waals surface area contributed by atoms with E-state index in [1.165, 1.54) is 6.07 Å². The van der Waals surface area contributed by atoms with Crippen molar-refractivity contribution in [1.29, 1.82) is 0 Å². The number of pyridine rings is 1. The number of aromatic nitrogens is 2. The number of benzene rings is 1. The second kappa shape index (κ2) is 7.65. The second-order valence-electron chi connectivity index (χ2n) is 8.27. The van der Waals surface area contributed by atoms with Crippen LogP contribution in [0.4, 0.5) is 13.2 Å². The van der Waals surface area contributed by atoms with Gasteiger partial charge in [-0.25, -0.2) is 4.98 Å². The number of likely N-dealkylation sites (tertiary alicyclic amines) is 1. The van der Waals surface area contributed by atoms with Gasteiger partial charge in [-0.15, -0.1) is 0 Å². The predicted octanol–water partition coefficient (Wildman–Crippen LogP) is 4.75. The van der Waals surface area contributed by atoms with Crippen LogP contribution in [-0.4, -0.2) is 39.6 Å². The van der Waals surface area contributed by atoms with Gasteiger partial charge < -0.3 is 14.2 Å². The van der Waals surface area contributed by atoms with Crippen molar-refractivity contribution in [2.24, 2.45) is 5.92 Å². The first-order valence-corrected chi connectivity index (χ1v) is 10.3. The molecule has 166 valence electrons. The van der Waals surface area contributed by atoms with E-state index in [4.69, 9.17) is 9.26 Å². The quantitative estimate of drug-likeness (QED) is 0.582. The first kappa shape index (κ1) is 20.5. The summed E-state index contributed by atoms with van der Waals surface area (Å²) in [4.78, 5) is 19.1. The first-order chi connectivity index (χ1) is 15.3. The number of hydrogen-bond donors (Lipinski definition) is 0. The number of carbonyl (C=O) groups is 1. The van der Waals surface area contributed by atoms with Crippen molar-refractivity contribution in [3.63, 3.8) is 0 Å². The van der Waals surface area contributed by atoms with Gasteiger partial charge in [0.1, 0.15) is 17.6 Å². The summed E-state index contributed by atoms with van der Waals surface area (Å²) in [6.45, 7) is 2.41. The normalized spacial score (nSPS) is 22.4. The Bertz CT molecular complexity index is 1140. The average molecular weight is 443 g/mol. The lowest BCUT2D eigenvalue weighted by molar-refractivity contribution is -0.137. The molecule has 1 aromatic carbocycles. The lowest BCUT2D eigenvalue weighted by Crippen LogP contribution is -2.47. The third-order valence-electron chi connectivity index (χ3n) is 6.08. The molecular formula is C23H20F3N3O3. The van der Waals surface area contributed by atoms with Gasteiger partial charge in [0.05, 0.1) is 11.6 Å². The van der Waals surface area contributed by atoms with Crippen LogP contribution in [0.1, 0.15) is 34.5 Å². The van der Waals surface area contributed by atoms with Crippen LogP contribution in [0, 0.1) is 12.8 Å². The number of amides is 1. The fourth-order valence-corrected chi connectivity index (χ4v) is 4.64. The minimum absolute atomic E-state index is 0.123. The fraction of sp³-hybridized carbons (Fsp3) is 0.348. The van der Waals surface area contributed by atoms with Crippen molar-refractivity contribution in [1.82, 2.24) is 15.0 Å². The maximum atomic E-state index is 13.5. The third kappa shape index (κ3) is 3.72. The maximum absolute atomic E-state index is 13.5. The summed E-state index contributed by atoms with van der Waals surface area (Å²) in [5.74, 6) is 0.939. The molecule has 2 aromatic heterocycles. The Hall–Kier alpha value is -3.36. The number of piperidine rings is 1. The molecule has 0 spiro atoms. The number of nitrogens with zero attached hydrogens (tertiary/aromatic N) is 3. The smallest absolute Gasteiger partial charge is 0.417 e. The van der Waals surface area contributed by atoms with Gasteiger partial charge in [-0.1, -0.05) is 23.4 Å². The van der Waals surface area contributed by atoms with E-state index in [-0.39, 0.29) is 29.9 Å². The van der Waals surface area contributed by atoms with Gasteiger partial charge in [-0.2, -0.15) is 13.2 Å². The molecule has 3 heterocycles. The highest BCUT2D eigenvalue weighted by atomic mass is 19.4. The molecule has 5 rings (SSSR count). The number of carbonyl (C=O) groups excluding carboxylic acids is 1. The zero-order valence-electron chi connectivity index (χ0n) is 17.2. The Morgan fingerprint density at radius 3 is 2.66 bits per heavy atom. The monoisotopic (exact) mass is 443 g/mol. The maximum Gasteiger partial charge on any atom is 0.417 e. The van der Waals surface area contributed by atoms with Crippen molar-refractivity contribution in [3.05, 3.63) is 65.5 Å². The predicted molar refractivity (Wildman–Crippen MR) is 108 cm³/mol. The molecule has 1 saturated carbocycles. The van der Waals surface area contributed by atoms with E-state index >= 15 is 0 Å². The van der Waals surface area contributed by atoms with E-state index in [0.717, 1.165) is 25.1 Å². The summed E-state index contributed by atoms with van der Waals surface area (Å²) in [7, 11) is 0. The highest BCUT2D eigenvalue weighted by Gasteiger charge is 2.48. The lowest BCUT2D eigenvalue weighted by Gasteiger charge is -2.33. The van der Waals surface area contributed by atoms with Crippen LogP contribution < -0.4 is 4.74 Å². The molecule has 2 bridgehead atoms.